The lowest BCUT2D eigenvalue weighted by atomic mass is 9.84. The summed E-state index contributed by atoms with van der Waals surface area (Å²) in [7, 11) is -2.18. The van der Waals surface area contributed by atoms with Gasteiger partial charge in [-0.3, -0.25) is 0 Å². The van der Waals surface area contributed by atoms with Crippen LogP contribution < -0.4 is 10.6 Å². The standard InChI is InChI=1S/C25H33O2PSi/c1-20-15-16-22(27-29-25(2,3)4)19-21(20)17-18-28(26,23-11-7-5-8-12-23)24-13-9-6-10-14-24/h5-14,17,20,22H,15-16,18-19H2,1-4H3/b21-17+/t20-,22-/m1/s1. The highest BCUT2D eigenvalue weighted by molar-refractivity contribution is 7.78. The van der Waals surface area contributed by atoms with E-state index in [1.54, 1.807) is 0 Å². The van der Waals surface area contributed by atoms with Crippen LogP contribution in [0.1, 0.15) is 47.0 Å². The summed E-state index contributed by atoms with van der Waals surface area (Å²) < 4.78 is 20.5. The molecule has 0 heterocycles. The monoisotopic (exact) mass is 424 g/mol. The van der Waals surface area contributed by atoms with Crippen LogP contribution in [-0.4, -0.2) is 22.0 Å². The van der Waals surface area contributed by atoms with E-state index >= 15 is 0 Å². The first-order valence-electron chi connectivity index (χ1n) is 10.6. The number of hydrogen-bond donors (Lipinski definition) is 0. The molecule has 2 aromatic rings. The molecular formula is C25H33O2PSi. The molecule has 2 nitrogen and oxygen atoms in total. The third kappa shape index (κ3) is 6.04. The van der Waals surface area contributed by atoms with Gasteiger partial charge in [0.1, 0.15) is 7.14 Å². The van der Waals surface area contributed by atoms with E-state index in [0.29, 0.717) is 27.9 Å². The van der Waals surface area contributed by atoms with Gasteiger partial charge in [-0.2, -0.15) is 0 Å². The van der Waals surface area contributed by atoms with Crippen molar-refractivity contribution < 1.29 is 8.99 Å². The van der Waals surface area contributed by atoms with Crippen LogP contribution in [0.4, 0.5) is 0 Å². The first kappa shape index (κ1) is 22.3. The van der Waals surface area contributed by atoms with Crippen LogP contribution in [0.25, 0.3) is 0 Å². The molecule has 1 saturated carbocycles. The van der Waals surface area contributed by atoms with Gasteiger partial charge in [0.05, 0.1) is 0 Å². The van der Waals surface area contributed by atoms with E-state index in [0.717, 1.165) is 29.9 Å². The predicted octanol–water partition coefficient (Wildman–Crippen LogP) is 5.97. The first-order chi connectivity index (χ1) is 13.8. The lowest BCUT2D eigenvalue weighted by Gasteiger charge is -2.31. The molecule has 0 spiro atoms. The zero-order chi connectivity index (χ0) is 20.9. The molecule has 0 amide bonds. The highest BCUT2D eigenvalue weighted by Gasteiger charge is 2.29. The average Bonchev–Trinajstić information content (AvgIpc) is 2.72. The maximum Gasteiger partial charge on any atom is 0.236 e. The molecular weight excluding hydrogens is 391 g/mol. The molecule has 2 aromatic carbocycles. The summed E-state index contributed by atoms with van der Waals surface area (Å²) in [6, 6.07) is 19.9. The van der Waals surface area contributed by atoms with Crippen molar-refractivity contribution in [2.24, 2.45) is 5.92 Å². The number of benzene rings is 2. The predicted molar refractivity (Wildman–Crippen MR) is 126 cm³/mol. The molecule has 0 N–H and O–H groups in total. The van der Waals surface area contributed by atoms with Crippen LogP contribution in [0.2, 0.25) is 5.04 Å². The van der Waals surface area contributed by atoms with Gasteiger partial charge < -0.3 is 8.99 Å². The van der Waals surface area contributed by atoms with Gasteiger partial charge in [0, 0.05) is 22.9 Å². The average molecular weight is 425 g/mol. The molecule has 1 aliphatic rings. The summed E-state index contributed by atoms with van der Waals surface area (Å²) in [5.74, 6) is 0.535. The smallest absolute Gasteiger partial charge is 0.236 e. The van der Waals surface area contributed by atoms with E-state index < -0.39 is 7.14 Å². The molecule has 2 atom stereocenters. The minimum Gasteiger partial charge on any atom is -0.414 e. The first-order valence-corrected chi connectivity index (χ1v) is 13.4. The molecule has 154 valence electrons. The molecule has 3 rings (SSSR count). The number of allylic oxidation sites excluding steroid dienone is 1. The fraction of sp³-hybridized carbons (Fsp3) is 0.440. The van der Waals surface area contributed by atoms with Gasteiger partial charge in [-0.25, -0.2) is 0 Å². The molecule has 29 heavy (non-hydrogen) atoms. The van der Waals surface area contributed by atoms with Crippen LogP contribution in [0.3, 0.4) is 0 Å². The largest absolute Gasteiger partial charge is 0.414 e. The van der Waals surface area contributed by atoms with E-state index in [-0.39, 0.29) is 5.04 Å². The van der Waals surface area contributed by atoms with Crippen molar-refractivity contribution in [2.75, 3.05) is 6.16 Å². The highest BCUT2D eigenvalue weighted by Crippen LogP contribution is 2.44. The summed E-state index contributed by atoms with van der Waals surface area (Å²) >= 11 is 0. The highest BCUT2D eigenvalue weighted by atomic mass is 31.2. The van der Waals surface area contributed by atoms with Crippen molar-refractivity contribution in [3.8, 4) is 0 Å². The van der Waals surface area contributed by atoms with Gasteiger partial charge in [-0.1, -0.05) is 100 Å². The van der Waals surface area contributed by atoms with Crippen molar-refractivity contribution in [3.05, 3.63) is 72.3 Å². The fourth-order valence-electron chi connectivity index (χ4n) is 3.78. The molecule has 0 unspecified atom stereocenters. The fourth-order valence-corrected chi connectivity index (χ4v) is 7.02. The molecule has 2 radical (unpaired) electrons. The van der Waals surface area contributed by atoms with Crippen molar-refractivity contribution in [2.45, 2.75) is 58.1 Å². The maximum atomic E-state index is 14.2. The van der Waals surface area contributed by atoms with Gasteiger partial charge in [-0.05, 0) is 30.2 Å². The van der Waals surface area contributed by atoms with E-state index in [2.05, 4.69) is 33.8 Å². The SMILES string of the molecule is C[C@@H]1CC[C@@H](O[Si]C(C)(C)C)C/C1=C\CP(=O)(c1ccccc1)c1ccccc1. The van der Waals surface area contributed by atoms with Gasteiger partial charge in [-0.15, -0.1) is 0 Å². The summed E-state index contributed by atoms with van der Waals surface area (Å²) in [5, 5.41) is 2.09. The minimum atomic E-state index is -2.69. The summed E-state index contributed by atoms with van der Waals surface area (Å²) in [6.45, 7) is 8.97. The maximum absolute atomic E-state index is 14.2. The molecule has 0 aromatic heterocycles. The Kier molecular flexibility index (Phi) is 7.37. The molecule has 0 saturated heterocycles. The summed E-state index contributed by atoms with van der Waals surface area (Å²) in [5.41, 5.74) is 1.41. The van der Waals surface area contributed by atoms with E-state index in [4.69, 9.17) is 4.43 Å². The van der Waals surface area contributed by atoms with Crippen LogP contribution in [0.5, 0.6) is 0 Å². The normalized spacial score (nSPS) is 22.0. The molecule has 1 fully saturated rings. The summed E-state index contributed by atoms with van der Waals surface area (Å²) in [4.78, 5) is 0. The van der Waals surface area contributed by atoms with Gasteiger partial charge >= 0.3 is 0 Å². The Hall–Kier alpha value is -1.41. The Morgan fingerprint density at radius 2 is 1.55 bits per heavy atom. The third-order valence-corrected chi connectivity index (χ3v) is 9.53. The zero-order valence-corrected chi connectivity index (χ0v) is 20.0. The Balaban J connectivity index is 1.82. The van der Waals surface area contributed by atoms with Crippen molar-refractivity contribution in [3.63, 3.8) is 0 Å². The molecule has 0 bridgehead atoms. The molecule has 4 heteroatoms. The van der Waals surface area contributed by atoms with Crippen LogP contribution in [0.15, 0.2) is 72.3 Å². The number of hydrogen-bond acceptors (Lipinski definition) is 2. The Bertz CT molecular complexity index is 812. The van der Waals surface area contributed by atoms with Crippen molar-refractivity contribution in [1.29, 1.82) is 0 Å². The Labute approximate surface area is 179 Å². The van der Waals surface area contributed by atoms with Crippen molar-refractivity contribution in [1.82, 2.24) is 0 Å². The Morgan fingerprint density at radius 3 is 2.07 bits per heavy atom. The van der Waals surface area contributed by atoms with E-state index in [9.17, 15) is 4.57 Å². The lowest BCUT2D eigenvalue weighted by molar-refractivity contribution is 0.164. The number of rotatable bonds is 6. The zero-order valence-electron chi connectivity index (χ0n) is 18.1. The summed E-state index contributed by atoms with van der Waals surface area (Å²) in [6.07, 6.45) is 6.37. The quantitative estimate of drug-likeness (QED) is 0.324. The van der Waals surface area contributed by atoms with Crippen LogP contribution >= 0.6 is 7.14 Å². The van der Waals surface area contributed by atoms with E-state index in [1.165, 1.54) is 5.57 Å². The van der Waals surface area contributed by atoms with Gasteiger partial charge in [0.25, 0.3) is 0 Å². The molecule has 1 aliphatic carbocycles. The molecule has 0 aliphatic heterocycles. The van der Waals surface area contributed by atoms with Crippen LogP contribution in [0, 0.1) is 5.92 Å². The third-order valence-electron chi connectivity index (χ3n) is 5.51. The Morgan fingerprint density at radius 1 is 1.00 bits per heavy atom. The topological polar surface area (TPSA) is 26.3 Å². The second kappa shape index (κ2) is 9.60. The lowest BCUT2D eigenvalue weighted by Crippen LogP contribution is -2.27. The van der Waals surface area contributed by atoms with E-state index in [1.807, 2.05) is 60.7 Å². The second-order valence-electron chi connectivity index (χ2n) is 9.15. The second-order valence-corrected chi connectivity index (χ2v) is 14.0. The van der Waals surface area contributed by atoms with Gasteiger partial charge in [0.15, 0.2) is 0 Å². The van der Waals surface area contributed by atoms with Crippen molar-refractivity contribution >= 4 is 27.5 Å². The minimum absolute atomic E-state index is 0.212. The van der Waals surface area contributed by atoms with Gasteiger partial charge in [0.2, 0.25) is 9.76 Å². The van der Waals surface area contributed by atoms with Crippen LogP contribution in [-0.2, 0) is 8.99 Å².